The molecule has 1 saturated heterocycles. The highest BCUT2D eigenvalue weighted by Gasteiger charge is 2.26. The van der Waals surface area contributed by atoms with Crippen molar-refractivity contribution in [2.45, 2.75) is 41.9 Å². The number of hydrogen-bond donors (Lipinski definition) is 0. The lowest BCUT2D eigenvalue weighted by Gasteiger charge is -2.25. The van der Waals surface area contributed by atoms with Crippen LogP contribution in [0.15, 0.2) is 63.2 Å². The lowest BCUT2D eigenvalue weighted by atomic mass is 10.1. The van der Waals surface area contributed by atoms with E-state index in [-0.39, 0.29) is 4.90 Å². The molecule has 0 bridgehead atoms. The molecule has 0 saturated carbocycles. The average molecular weight is 430 g/mol. The second-order valence-electron chi connectivity index (χ2n) is 7.10. The lowest BCUT2D eigenvalue weighted by molar-refractivity contribution is 0.346. The van der Waals surface area contributed by atoms with Gasteiger partial charge in [-0.15, -0.1) is 0 Å². The van der Waals surface area contributed by atoms with Crippen LogP contribution in [0.25, 0.3) is 11.5 Å². The molecule has 0 spiro atoms. The number of thioether (sulfide) groups is 1. The SMILES string of the molecule is Cc1ccc(-c2nc(CSc3ccc(S(=O)(=O)N4CCCCC4)cn3)co2)cc1. The van der Waals surface area contributed by atoms with E-state index in [2.05, 4.69) is 9.97 Å². The number of oxazole rings is 1. The molecule has 1 fully saturated rings. The van der Waals surface area contributed by atoms with Gasteiger partial charge in [-0.05, 0) is 44.0 Å². The molecule has 0 aliphatic carbocycles. The van der Waals surface area contributed by atoms with Gasteiger partial charge in [0.25, 0.3) is 0 Å². The zero-order valence-electron chi connectivity index (χ0n) is 16.2. The third-order valence-corrected chi connectivity index (χ3v) is 7.74. The van der Waals surface area contributed by atoms with Gasteiger partial charge >= 0.3 is 0 Å². The summed E-state index contributed by atoms with van der Waals surface area (Å²) >= 11 is 1.50. The van der Waals surface area contributed by atoms with Gasteiger partial charge in [-0.3, -0.25) is 0 Å². The predicted octanol–water partition coefficient (Wildman–Crippen LogP) is 4.51. The molecule has 1 aromatic carbocycles. The van der Waals surface area contributed by atoms with E-state index in [1.54, 1.807) is 22.7 Å². The molecule has 1 aliphatic heterocycles. The summed E-state index contributed by atoms with van der Waals surface area (Å²) in [7, 11) is -3.44. The van der Waals surface area contributed by atoms with E-state index in [1.807, 2.05) is 31.2 Å². The lowest BCUT2D eigenvalue weighted by Crippen LogP contribution is -2.35. The number of piperidine rings is 1. The quantitative estimate of drug-likeness (QED) is 0.537. The van der Waals surface area contributed by atoms with Gasteiger partial charge in [0.1, 0.15) is 11.2 Å². The first-order chi connectivity index (χ1) is 14.0. The first-order valence-corrected chi connectivity index (χ1v) is 12.1. The topological polar surface area (TPSA) is 76.3 Å². The summed E-state index contributed by atoms with van der Waals surface area (Å²) in [5, 5.41) is 0.752. The second kappa shape index (κ2) is 8.69. The summed E-state index contributed by atoms with van der Waals surface area (Å²) < 4.78 is 32.5. The third kappa shape index (κ3) is 4.71. The summed E-state index contributed by atoms with van der Waals surface area (Å²) in [6.45, 7) is 3.22. The highest BCUT2D eigenvalue weighted by molar-refractivity contribution is 7.98. The predicted molar refractivity (Wildman–Crippen MR) is 113 cm³/mol. The van der Waals surface area contributed by atoms with Gasteiger partial charge in [0.05, 0.1) is 10.7 Å². The Bertz CT molecular complexity index is 1060. The van der Waals surface area contributed by atoms with Crippen LogP contribution in [-0.4, -0.2) is 35.8 Å². The number of rotatable bonds is 6. The molecule has 8 heteroatoms. The first-order valence-electron chi connectivity index (χ1n) is 9.63. The van der Waals surface area contributed by atoms with Crippen LogP contribution in [0.1, 0.15) is 30.5 Å². The summed E-state index contributed by atoms with van der Waals surface area (Å²) in [6.07, 6.45) is 6.03. The zero-order chi connectivity index (χ0) is 20.3. The van der Waals surface area contributed by atoms with E-state index < -0.39 is 10.0 Å². The van der Waals surface area contributed by atoms with Crippen molar-refractivity contribution in [2.75, 3.05) is 13.1 Å². The number of nitrogens with zero attached hydrogens (tertiary/aromatic N) is 3. The normalized spacial score (nSPS) is 15.5. The van der Waals surface area contributed by atoms with Gasteiger partial charge < -0.3 is 4.42 Å². The molecule has 2 aromatic heterocycles. The average Bonchev–Trinajstić information content (AvgIpc) is 3.23. The Morgan fingerprint density at radius 1 is 1.07 bits per heavy atom. The minimum atomic E-state index is -3.44. The fourth-order valence-corrected chi connectivity index (χ4v) is 5.39. The highest BCUT2D eigenvalue weighted by atomic mass is 32.2. The molecule has 3 aromatic rings. The van der Waals surface area contributed by atoms with Crippen LogP contribution in [0.5, 0.6) is 0 Å². The molecule has 0 unspecified atom stereocenters. The van der Waals surface area contributed by atoms with Crippen molar-refractivity contribution in [3.8, 4) is 11.5 Å². The van der Waals surface area contributed by atoms with Gasteiger partial charge in [-0.25, -0.2) is 18.4 Å². The van der Waals surface area contributed by atoms with Crippen molar-refractivity contribution in [3.63, 3.8) is 0 Å². The van der Waals surface area contributed by atoms with Crippen LogP contribution in [0, 0.1) is 6.92 Å². The Morgan fingerprint density at radius 2 is 1.83 bits per heavy atom. The van der Waals surface area contributed by atoms with Crippen LogP contribution in [0.2, 0.25) is 0 Å². The molecule has 152 valence electrons. The van der Waals surface area contributed by atoms with Crippen molar-refractivity contribution in [3.05, 3.63) is 60.1 Å². The molecule has 3 heterocycles. The highest BCUT2D eigenvalue weighted by Crippen LogP contribution is 2.26. The van der Waals surface area contributed by atoms with Crippen molar-refractivity contribution < 1.29 is 12.8 Å². The van der Waals surface area contributed by atoms with E-state index in [4.69, 9.17) is 4.42 Å². The van der Waals surface area contributed by atoms with Crippen molar-refractivity contribution >= 4 is 21.8 Å². The van der Waals surface area contributed by atoms with Crippen LogP contribution in [0.4, 0.5) is 0 Å². The van der Waals surface area contributed by atoms with Crippen molar-refractivity contribution in [2.24, 2.45) is 0 Å². The molecule has 0 radical (unpaired) electrons. The maximum Gasteiger partial charge on any atom is 0.244 e. The Labute approximate surface area is 175 Å². The second-order valence-corrected chi connectivity index (χ2v) is 10.0. The number of aromatic nitrogens is 2. The van der Waals surface area contributed by atoms with Gasteiger partial charge in [-0.1, -0.05) is 35.9 Å². The number of sulfonamides is 1. The van der Waals surface area contributed by atoms with Crippen LogP contribution in [0.3, 0.4) is 0 Å². The van der Waals surface area contributed by atoms with Crippen LogP contribution in [-0.2, 0) is 15.8 Å². The number of benzene rings is 1. The maximum absolute atomic E-state index is 12.7. The summed E-state index contributed by atoms with van der Waals surface area (Å²) in [5.74, 6) is 1.19. The van der Waals surface area contributed by atoms with Gasteiger partial charge in [-0.2, -0.15) is 4.31 Å². The minimum absolute atomic E-state index is 0.256. The molecule has 0 amide bonds. The zero-order valence-corrected chi connectivity index (χ0v) is 17.9. The molecule has 4 rings (SSSR count). The summed E-state index contributed by atoms with van der Waals surface area (Å²) in [4.78, 5) is 9.11. The largest absolute Gasteiger partial charge is 0.444 e. The Balaban J connectivity index is 1.39. The molecule has 6 nitrogen and oxygen atoms in total. The summed E-state index contributed by atoms with van der Waals surface area (Å²) in [6, 6.07) is 11.4. The molecule has 0 N–H and O–H groups in total. The van der Waals surface area contributed by atoms with E-state index in [1.165, 1.54) is 23.5 Å². The fraction of sp³-hybridized carbons (Fsp3) is 0.333. The van der Waals surface area contributed by atoms with Crippen LogP contribution >= 0.6 is 11.8 Å². The molecule has 29 heavy (non-hydrogen) atoms. The molecular formula is C21H23N3O3S2. The monoisotopic (exact) mass is 429 g/mol. The minimum Gasteiger partial charge on any atom is -0.444 e. The fourth-order valence-electron chi connectivity index (χ4n) is 3.21. The smallest absolute Gasteiger partial charge is 0.244 e. The Hall–Kier alpha value is -2.16. The number of aryl methyl sites for hydroxylation is 1. The molecule has 1 aliphatic rings. The number of hydrogen-bond acceptors (Lipinski definition) is 6. The van der Waals surface area contributed by atoms with Gasteiger partial charge in [0.2, 0.25) is 15.9 Å². The third-order valence-electron chi connectivity index (χ3n) is 4.88. The maximum atomic E-state index is 12.7. The van der Waals surface area contributed by atoms with Crippen LogP contribution < -0.4 is 0 Å². The molecule has 0 atom stereocenters. The standard InChI is InChI=1S/C21H23N3O3S2/c1-16-5-7-17(8-6-16)21-23-18(14-27-21)15-28-20-10-9-19(13-22-20)29(25,26)24-11-3-2-4-12-24/h5-10,13-14H,2-4,11-12,15H2,1H3. The van der Waals surface area contributed by atoms with E-state index in [0.29, 0.717) is 24.7 Å². The van der Waals surface area contributed by atoms with Gasteiger partial charge in [0, 0.05) is 30.6 Å². The van der Waals surface area contributed by atoms with Crippen molar-refractivity contribution in [1.29, 1.82) is 0 Å². The van der Waals surface area contributed by atoms with E-state index >= 15 is 0 Å². The number of pyridine rings is 1. The Morgan fingerprint density at radius 3 is 2.52 bits per heavy atom. The van der Waals surface area contributed by atoms with Crippen molar-refractivity contribution in [1.82, 2.24) is 14.3 Å². The Kier molecular flexibility index (Phi) is 6.03. The van der Waals surface area contributed by atoms with E-state index in [9.17, 15) is 8.42 Å². The first kappa shape index (κ1) is 20.1. The van der Waals surface area contributed by atoms with Gasteiger partial charge in [0.15, 0.2) is 0 Å². The van der Waals surface area contributed by atoms with E-state index in [0.717, 1.165) is 35.5 Å². The summed E-state index contributed by atoms with van der Waals surface area (Å²) in [5.41, 5.74) is 2.95. The molecular weight excluding hydrogens is 406 g/mol.